The highest BCUT2D eigenvalue weighted by Gasteiger charge is 2.35. The fourth-order valence-corrected chi connectivity index (χ4v) is 3.30. The minimum Gasteiger partial charge on any atom is -0.310 e. The molecule has 0 saturated carbocycles. The standard InChI is InChI=1S/C16H16N4O4S/c1-2-5-12-17-15-14(16(22)19(12)25)10(8-13(21)18-15)9-6-3-4-7-11(9)20(23)24/h3-4,6-7,10,25H,2,5,8H2,1H3,(H,18,21). The van der Waals surface area contributed by atoms with Gasteiger partial charge < -0.3 is 5.32 Å². The van der Waals surface area contributed by atoms with Gasteiger partial charge in [-0.1, -0.05) is 37.9 Å². The summed E-state index contributed by atoms with van der Waals surface area (Å²) in [5, 5.41) is 13.9. The number of fused-ring (bicyclic) bond motifs is 1. The minimum atomic E-state index is -0.737. The second-order valence-electron chi connectivity index (χ2n) is 5.78. The molecule has 0 fully saturated rings. The van der Waals surface area contributed by atoms with Crippen LogP contribution >= 0.6 is 12.8 Å². The molecular weight excluding hydrogens is 344 g/mol. The summed E-state index contributed by atoms with van der Waals surface area (Å²) in [6.07, 6.45) is 1.22. The van der Waals surface area contributed by atoms with Gasteiger partial charge in [-0.3, -0.25) is 19.7 Å². The number of carbonyl (C=O) groups is 1. The molecule has 1 unspecified atom stereocenters. The number of nitro groups is 1. The zero-order valence-corrected chi connectivity index (χ0v) is 14.3. The van der Waals surface area contributed by atoms with Crippen LogP contribution in [0.15, 0.2) is 29.1 Å². The number of thiol groups is 1. The summed E-state index contributed by atoms with van der Waals surface area (Å²) < 4.78 is 1.15. The maximum Gasteiger partial charge on any atom is 0.273 e. The van der Waals surface area contributed by atoms with Gasteiger partial charge in [-0.25, -0.2) is 8.96 Å². The van der Waals surface area contributed by atoms with Crippen LogP contribution in [0, 0.1) is 10.1 Å². The Labute approximate surface area is 148 Å². The fourth-order valence-electron chi connectivity index (χ4n) is 3.05. The summed E-state index contributed by atoms with van der Waals surface area (Å²) in [5.41, 5.74) is -0.00124. The highest BCUT2D eigenvalue weighted by atomic mass is 32.1. The predicted octanol–water partition coefficient (Wildman–Crippen LogP) is 2.27. The first-order valence-corrected chi connectivity index (χ1v) is 8.22. The molecule has 2 aromatic rings. The number of aryl methyl sites for hydroxylation is 1. The first-order valence-electron chi connectivity index (χ1n) is 7.82. The van der Waals surface area contributed by atoms with E-state index >= 15 is 0 Å². The van der Waals surface area contributed by atoms with Crippen LogP contribution in [0.4, 0.5) is 11.5 Å². The number of nitrogens with zero attached hydrogens (tertiary/aromatic N) is 3. The molecule has 0 saturated heterocycles. The Morgan fingerprint density at radius 3 is 2.80 bits per heavy atom. The van der Waals surface area contributed by atoms with Gasteiger partial charge in [-0.05, 0) is 6.42 Å². The molecular formula is C16H16N4O4S. The van der Waals surface area contributed by atoms with Gasteiger partial charge in [0.05, 0.1) is 10.5 Å². The molecule has 1 aliphatic heterocycles. The average Bonchev–Trinajstić information content (AvgIpc) is 2.58. The molecule has 0 spiro atoms. The van der Waals surface area contributed by atoms with E-state index in [0.717, 1.165) is 10.4 Å². The number of nitro benzene ring substituents is 1. The van der Waals surface area contributed by atoms with Gasteiger partial charge in [0.25, 0.3) is 11.2 Å². The Morgan fingerprint density at radius 1 is 1.40 bits per heavy atom. The Balaban J connectivity index is 2.24. The third-order valence-corrected chi connectivity index (χ3v) is 4.55. The molecule has 2 heterocycles. The van der Waals surface area contributed by atoms with E-state index in [1.807, 2.05) is 6.92 Å². The van der Waals surface area contributed by atoms with Crippen LogP contribution in [0.3, 0.4) is 0 Å². The number of hydrogen-bond donors (Lipinski definition) is 2. The molecule has 1 aromatic carbocycles. The number of aromatic nitrogens is 2. The number of rotatable bonds is 4. The number of para-hydroxylation sites is 1. The Bertz CT molecular complexity index is 925. The van der Waals surface area contributed by atoms with Crippen molar-refractivity contribution in [3.63, 3.8) is 0 Å². The highest BCUT2D eigenvalue weighted by molar-refractivity contribution is 7.78. The van der Waals surface area contributed by atoms with Crippen LogP contribution in [0.25, 0.3) is 0 Å². The van der Waals surface area contributed by atoms with E-state index in [4.69, 9.17) is 0 Å². The second kappa shape index (κ2) is 6.67. The van der Waals surface area contributed by atoms with Gasteiger partial charge >= 0.3 is 0 Å². The van der Waals surface area contributed by atoms with Gasteiger partial charge in [0.2, 0.25) is 5.91 Å². The van der Waals surface area contributed by atoms with E-state index < -0.39 is 16.4 Å². The largest absolute Gasteiger partial charge is 0.310 e. The van der Waals surface area contributed by atoms with E-state index in [9.17, 15) is 19.7 Å². The minimum absolute atomic E-state index is 0.0598. The Hall–Kier alpha value is -2.68. The maximum absolute atomic E-state index is 12.8. The predicted molar refractivity (Wildman–Crippen MR) is 95.1 cm³/mol. The van der Waals surface area contributed by atoms with Gasteiger partial charge in [-0.15, -0.1) is 0 Å². The van der Waals surface area contributed by atoms with Gasteiger partial charge in [0.15, 0.2) is 0 Å². The fraction of sp³-hybridized carbons (Fsp3) is 0.312. The summed E-state index contributed by atoms with van der Waals surface area (Å²) in [4.78, 5) is 40.1. The molecule has 1 aromatic heterocycles. The number of carbonyl (C=O) groups excluding carboxylic acids is 1. The first-order chi connectivity index (χ1) is 11.9. The van der Waals surface area contributed by atoms with Crippen molar-refractivity contribution >= 4 is 30.2 Å². The lowest BCUT2D eigenvalue weighted by Gasteiger charge is -2.25. The third-order valence-electron chi connectivity index (χ3n) is 4.14. The number of nitrogens with one attached hydrogen (secondary N) is 1. The normalized spacial score (nSPS) is 16.2. The molecule has 0 bridgehead atoms. The quantitative estimate of drug-likeness (QED) is 0.494. The van der Waals surface area contributed by atoms with Crippen molar-refractivity contribution in [1.29, 1.82) is 0 Å². The molecule has 1 amide bonds. The van der Waals surface area contributed by atoms with Crippen molar-refractivity contribution in [2.75, 3.05) is 5.32 Å². The van der Waals surface area contributed by atoms with Crippen LogP contribution in [-0.2, 0) is 11.2 Å². The Morgan fingerprint density at radius 2 is 2.12 bits per heavy atom. The smallest absolute Gasteiger partial charge is 0.273 e. The van der Waals surface area contributed by atoms with Crippen molar-refractivity contribution < 1.29 is 9.72 Å². The second-order valence-corrected chi connectivity index (χ2v) is 6.18. The lowest BCUT2D eigenvalue weighted by molar-refractivity contribution is -0.385. The van der Waals surface area contributed by atoms with Crippen LogP contribution in [0.2, 0.25) is 0 Å². The molecule has 25 heavy (non-hydrogen) atoms. The zero-order valence-electron chi connectivity index (χ0n) is 13.4. The van der Waals surface area contributed by atoms with Gasteiger partial charge in [0.1, 0.15) is 11.6 Å². The first kappa shape index (κ1) is 17.2. The Kier molecular flexibility index (Phi) is 4.58. The third kappa shape index (κ3) is 3.02. The summed E-state index contributed by atoms with van der Waals surface area (Å²) in [6.45, 7) is 1.94. The molecule has 3 rings (SSSR count). The topological polar surface area (TPSA) is 107 Å². The molecule has 0 radical (unpaired) electrons. The van der Waals surface area contributed by atoms with E-state index in [2.05, 4.69) is 23.1 Å². The van der Waals surface area contributed by atoms with Gasteiger partial charge in [-0.2, -0.15) is 0 Å². The summed E-state index contributed by atoms with van der Waals surface area (Å²) in [6, 6.07) is 6.12. The molecule has 130 valence electrons. The molecule has 9 heteroatoms. The summed E-state index contributed by atoms with van der Waals surface area (Å²) >= 11 is 4.22. The molecule has 1 N–H and O–H groups in total. The summed E-state index contributed by atoms with van der Waals surface area (Å²) in [5.74, 6) is -0.461. The highest BCUT2D eigenvalue weighted by Crippen LogP contribution is 2.38. The lowest BCUT2D eigenvalue weighted by Crippen LogP contribution is -2.34. The maximum atomic E-state index is 12.8. The molecule has 1 atom stereocenters. The van der Waals surface area contributed by atoms with Crippen molar-refractivity contribution in [2.45, 2.75) is 32.1 Å². The molecule has 0 aliphatic carbocycles. The van der Waals surface area contributed by atoms with Gasteiger partial charge in [0, 0.05) is 30.4 Å². The van der Waals surface area contributed by atoms with Crippen molar-refractivity contribution in [3.05, 3.63) is 61.7 Å². The number of benzene rings is 1. The van der Waals surface area contributed by atoms with E-state index in [0.29, 0.717) is 17.8 Å². The number of amides is 1. The lowest BCUT2D eigenvalue weighted by atomic mass is 9.86. The zero-order chi connectivity index (χ0) is 18.1. The van der Waals surface area contributed by atoms with Crippen LogP contribution in [0.1, 0.15) is 42.6 Å². The van der Waals surface area contributed by atoms with Crippen molar-refractivity contribution in [2.24, 2.45) is 0 Å². The number of anilines is 1. The molecule has 8 nitrogen and oxygen atoms in total. The van der Waals surface area contributed by atoms with Crippen LogP contribution < -0.4 is 10.9 Å². The van der Waals surface area contributed by atoms with E-state index in [1.165, 1.54) is 6.07 Å². The van der Waals surface area contributed by atoms with Crippen LogP contribution in [-0.4, -0.2) is 19.8 Å². The molecule has 1 aliphatic rings. The summed E-state index contributed by atoms with van der Waals surface area (Å²) in [7, 11) is 0. The van der Waals surface area contributed by atoms with Crippen LogP contribution in [0.5, 0.6) is 0 Å². The monoisotopic (exact) mass is 360 g/mol. The SMILES string of the molecule is CCCc1nc2c(c(=O)n1S)C(c1ccccc1[N+](=O)[O-])CC(=O)N2. The number of hydrogen-bond acceptors (Lipinski definition) is 6. The average molecular weight is 360 g/mol. The van der Waals surface area contributed by atoms with E-state index in [1.54, 1.807) is 18.2 Å². The van der Waals surface area contributed by atoms with Crippen molar-refractivity contribution in [1.82, 2.24) is 8.96 Å². The van der Waals surface area contributed by atoms with Crippen molar-refractivity contribution in [3.8, 4) is 0 Å². The van der Waals surface area contributed by atoms with E-state index in [-0.39, 0.29) is 29.4 Å².